The highest BCUT2D eigenvalue weighted by molar-refractivity contribution is 7.91. The van der Waals surface area contributed by atoms with E-state index in [1.807, 2.05) is 19.9 Å². The van der Waals surface area contributed by atoms with E-state index in [2.05, 4.69) is 5.10 Å². The van der Waals surface area contributed by atoms with Gasteiger partial charge in [-0.15, -0.1) is 0 Å². The fourth-order valence-corrected chi connectivity index (χ4v) is 4.29. The van der Waals surface area contributed by atoms with Crippen LogP contribution in [0.1, 0.15) is 25.2 Å². The van der Waals surface area contributed by atoms with Gasteiger partial charge in [0.2, 0.25) is 0 Å². The molecule has 2 rings (SSSR count). The van der Waals surface area contributed by atoms with Gasteiger partial charge in [0.15, 0.2) is 9.84 Å². The smallest absolute Gasteiger partial charge is 0.187 e. The Bertz CT molecular complexity index is 733. The van der Waals surface area contributed by atoms with Gasteiger partial charge in [-0.2, -0.15) is 5.10 Å². The minimum atomic E-state index is -3.62. The van der Waals surface area contributed by atoms with E-state index in [0.29, 0.717) is 12.2 Å². The second kappa shape index (κ2) is 6.07. The predicted octanol–water partition coefficient (Wildman–Crippen LogP) is 2.67. The first kappa shape index (κ1) is 15.9. The molecule has 0 aliphatic carbocycles. The number of rotatable bonds is 5. The van der Waals surface area contributed by atoms with Crippen molar-refractivity contribution in [1.29, 1.82) is 0 Å². The van der Waals surface area contributed by atoms with Gasteiger partial charge in [-0.3, -0.25) is 4.68 Å². The fourth-order valence-electron chi connectivity index (χ4n) is 2.20. The second-order valence-corrected chi connectivity index (χ2v) is 7.05. The van der Waals surface area contributed by atoms with Crippen LogP contribution in [0.2, 0.25) is 5.02 Å². The number of aryl methyl sites for hydroxylation is 2. The van der Waals surface area contributed by atoms with Crippen LogP contribution in [-0.4, -0.2) is 18.2 Å². The van der Waals surface area contributed by atoms with E-state index < -0.39 is 9.84 Å². The van der Waals surface area contributed by atoms with Gasteiger partial charge in [0.25, 0.3) is 0 Å². The number of benzene rings is 1. The maximum atomic E-state index is 12.6. The molecule has 7 heteroatoms. The second-order valence-electron chi connectivity index (χ2n) is 4.71. The molecule has 2 aromatic rings. The van der Waals surface area contributed by atoms with Gasteiger partial charge in [-0.25, -0.2) is 8.42 Å². The number of nitrogens with two attached hydrogens (primary N) is 1. The highest BCUT2D eigenvalue weighted by atomic mass is 35.5. The van der Waals surface area contributed by atoms with Crippen molar-refractivity contribution in [3.8, 4) is 0 Å². The van der Waals surface area contributed by atoms with Gasteiger partial charge in [0.1, 0.15) is 4.90 Å². The number of hydrogen-bond donors (Lipinski definition) is 1. The number of halogens is 1. The molecule has 0 saturated carbocycles. The number of aromatic nitrogens is 2. The Morgan fingerprint density at radius 3 is 2.62 bits per heavy atom. The van der Waals surface area contributed by atoms with Crippen LogP contribution in [0.3, 0.4) is 0 Å². The first-order chi connectivity index (χ1) is 9.89. The van der Waals surface area contributed by atoms with Crippen LogP contribution in [-0.2, 0) is 28.6 Å². The highest BCUT2D eigenvalue weighted by Gasteiger charge is 2.23. The minimum Gasteiger partial charge on any atom is -0.398 e. The summed E-state index contributed by atoms with van der Waals surface area (Å²) in [5, 5.41) is 4.50. The first-order valence-corrected chi connectivity index (χ1v) is 8.74. The SMILES string of the molecule is CCc1cc(CS(=O)(=O)c2c(N)cccc2Cl)n(CC)n1. The van der Waals surface area contributed by atoms with Crippen LogP contribution >= 0.6 is 11.6 Å². The van der Waals surface area contributed by atoms with Gasteiger partial charge < -0.3 is 5.73 Å². The number of anilines is 1. The molecule has 21 heavy (non-hydrogen) atoms. The summed E-state index contributed by atoms with van der Waals surface area (Å²) < 4.78 is 26.9. The molecule has 0 saturated heterocycles. The van der Waals surface area contributed by atoms with Crippen LogP contribution in [0, 0.1) is 0 Å². The van der Waals surface area contributed by atoms with E-state index in [1.165, 1.54) is 12.1 Å². The van der Waals surface area contributed by atoms with Crippen molar-refractivity contribution in [2.24, 2.45) is 0 Å². The van der Waals surface area contributed by atoms with Crippen molar-refractivity contribution < 1.29 is 8.42 Å². The summed E-state index contributed by atoms with van der Waals surface area (Å²) in [6.45, 7) is 4.52. The molecular weight excluding hydrogens is 310 g/mol. The third-order valence-electron chi connectivity index (χ3n) is 3.22. The lowest BCUT2D eigenvalue weighted by Crippen LogP contribution is -2.12. The molecule has 2 N–H and O–H groups in total. The van der Waals surface area contributed by atoms with Crippen molar-refractivity contribution in [3.63, 3.8) is 0 Å². The maximum absolute atomic E-state index is 12.6. The van der Waals surface area contributed by atoms with Crippen molar-refractivity contribution >= 4 is 27.1 Å². The summed E-state index contributed by atoms with van der Waals surface area (Å²) in [6.07, 6.45) is 0.758. The van der Waals surface area contributed by atoms with Crippen molar-refractivity contribution in [3.05, 3.63) is 40.7 Å². The lowest BCUT2D eigenvalue weighted by atomic mass is 10.3. The van der Waals surface area contributed by atoms with Gasteiger partial charge >= 0.3 is 0 Å². The van der Waals surface area contributed by atoms with Crippen LogP contribution in [0.5, 0.6) is 0 Å². The van der Waals surface area contributed by atoms with E-state index in [4.69, 9.17) is 17.3 Å². The van der Waals surface area contributed by atoms with Crippen LogP contribution in [0.25, 0.3) is 0 Å². The molecule has 1 aromatic heterocycles. The summed E-state index contributed by atoms with van der Waals surface area (Å²) in [4.78, 5) is -0.00596. The monoisotopic (exact) mass is 327 g/mol. The molecule has 5 nitrogen and oxygen atoms in total. The molecule has 1 aromatic carbocycles. The Hall–Kier alpha value is -1.53. The average Bonchev–Trinajstić information content (AvgIpc) is 2.79. The Labute approximate surface area is 129 Å². The summed E-state index contributed by atoms with van der Waals surface area (Å²) in [5.74, 6) is -0.165. The maximum Gasteiger partial charge on any atom is 0.187 e. The number of nitrogens with zero attached hydrogens (tertiary/aromatic N) is 2. The molecule has 114 valence electrons. The molecule has 0 aliphatic heterocycles. The summed E-state index contributed by atoms with van der Waals surface area (Å²) in [6, 6.07) is 6.50. The number of nitrogen functional groups attached to an aromatic ring is 1. The van der Waals surface area contributed by atoms with Crippen molar-refractivity contribution in [2.45, 2.75) is 37.5 Å². The topological polar surface area (TPSA) is 78.0 Å². The van der Waals surface area contributed by atoms with Crippen molar-refractivity contribution in [1.82, 2.24) is 9.78 Å². The van der Waals surface area contributed by atoms with Crippen LogP contribution in [0.4, 0.5) is 5.69 Å². The largest absolute Gasteiger partial charge is 0.398 e. The summed E-state index contributed by atoms with van der Waals surface area (Å²) in [7, 11) is -3.62. The molecular formula is C14H18ClN3O2S. The van der Waals surface area contributed by atoms with Crippen LogP contribution < -0.4 is 5.73 Å². The summed E-state index contributed by atoms with van der Waals surface area (Å²) >= 11 is 6.00. The average molecular weight is 328 g/mol. The normalized spacial score (nSPS) is 11.8. The molecule has 0 aliphatic rings. The minimum absolute atomic E-state index is 0.00596. The Morgan fingerprint density at radius 2 is 2.05 bits per heavy atom. The zero-order valence-corrected chi connectivity index (χ0v) is 13.6. The molecule has 0 spiro atoms. The van der Waals surface area contributed by atoms with E-state index in [9.17, 15) is 8.42 Å². The lowest BCUT2D eigenvalue weighted by Gasteiger charge is -2.10. The zero-order chi connectivity index (χ0) is 15.6. The lowest BCUT2D eigenvalue weighted by molar-refractivity contribution is 0.585. The van der Waals surface area contributed by atoms with Crippen molar-refractivity contribution in [2.75, 3.05) is 5.73 Å². The summed E-state index contributed by atoms with van der Waals surface area (Å²) in [5.41, 5.74) is 7.46. The third-order valence-corrected chi connectivity index (χ3v) is 5.40. The molecule has 0 unspecified atom stereocenters. The Kier molecular flexibility index (Phi) is 4.58. The molecule has 0 amide bonds. The molecule has 0 fully saturated rings. The zero-order valence-electron chi connectivity index (χ0n) is 12.0. The molecule has 0 radical (unpaired) electrons. The molecule has 0 atom stereocenters. The van der Waals surface area contributed by atoms with E-state index in [1.54, 1.807) is 10.7 Å². The number of hydrogen-bond acceptors (Lipinski definition) is 4. The van der Waals surface area contributed by atoms with Gasteiger partial charge in [0, 0.05) is 6.54 Å². The predicted molar refractivity (Wildman–Crippen MR) is 84.0 cm³/mol. The van der Waals surface area contributed by atoms with E-state index in [-0.39, 0.29) is 21.4 Å². The molecule has 0 bridgehead atoms. The Morgan fingerprint density at radius 1 is 1.33 bits per heavy atom. The fraction of sp³-hybridized carbons (Fsp3) is 0.357. The standard InChI is InChI=1S/C14H18ClN3O2S/c1-3-10-8-11(18(4-2)17-10)9-21(19,20)14-12(15)6-5-7-13(14)16/h5-8H,3-4,9,16H2,1-2H3. The van der Waals surface area contributed by atoms with E-state index >= 15 is 0 Å². The quantitative estimate of drug-likeness (QED) is 0.856. The van der Waals surface area contributed by atoms with E-state index in [0.717, 1.165) is 12.1 Å². The van der Waals surface area contributed by atoms with Crippen LogP contribution in [0.15, 0.2) is 29.2 Å². The third kappa shape index (κ3) is 3.22. The molecule has 1 heterocycles. The highest BCUT2D eigenvalue weighted by Crippen LogP contribution is 2.30. The van der Waals surface area contributed by atoms with Gasteiger partial charge in [0.05, 0.1) is 27.9 Å². The number of sulfone groups is 1. The Balaban J connectivity index is 2.45. The van der Waals surface area contributed by atoms with Gasteiger partial charge in [-0.1, -0.05) is 24.6 Å². The van der Waals surface area contributed by atoms with Gasteiger partial charge in [-0.05, 0) is 31.5 Å². The first-order valence-electron chi connectivity index (χ1n) is 6.71.